The maximum Gasteiger partial charge on any atom is 0.234 e. The van der Waals surface area contributed by atoms with E-state index >= 15 is 0 Å². The monoisotopic (exact) mass is 276 g/mol. The standard InChI is InChI=1S/C16H24N2O2/c1-16(2,12-7-5-4-6-8-12)11-18-10-13(20-3)9-14(18)15(17)19/h4-8,13-14H,9-11H2,1-3H3,(H2,17,19)/t13-,14-/m0/s1. The fraction of sp³-hybridized carbons (Fsp3) is 0.562. The van der Waals surface area contributed by atoms with Gasteiger partial charge in [0.2, 0.25) is 5.91 Å². The molecule has 1 aliphatic rings. The first-order valence-corrected chi connectivity index (χ1v) is 7.06. The Hall–Kier alpha value is -1.39. The molecule has 1 saturated heterocycles. The molecule has 1 heterocycles. The minimum Gasteiger partial charge on any atom is -0.380 e. The molecule has 0 unspecified atom stereocenters. The average Bonchev–Trinajstić information content (AvgIpc) is 2.82. The van der Waals surface area contributed by atoms with Gasteiger partial charge >= 0.3 is 0 Å². The summed E-state index contributed by atoms with van der Waals surface area (Å²) in [5, 5.41) is 0. The van der Waals surface area contributed by atoms with E-state index in [1.165, 1.54) is 5.56 Å². The van der Waals surface area contributed by atoms with E-state index in [1.54, 1.807) is 7.11 Å². The summed E-state index contributed by atoms with van der Waals surface area (Å²) in [5.74, 6) is -0.256. The highest BCUT2D eigenvalue weighted by atomic mass is 16.5. The van der Waals surface area contributed by atoms with E-state index in [0.29, 0.717) is 6.42 Å². The number of benzene rings is 1. The normalized spacial score (nSPS) is 23.9. The zero-order valence-electron chi connectivity index (χ0n) is 12.5. The minimum atomic E-state index is -0.256. The van der Waals surface area contributed by atoms with Crippen molar-refractivity contribution in [2.45, 2.75) is 37.8 Å². The number of nitrogens with zero attached hydrogens (tertiary/aromatic N) is 1. The maximum absolute atomic E-state index is 11.6. The Labute approximate surface area is 120 Å². The number of hydrogen-bond acceptors (Lipinski definition) is 3. The van der Waals surface area contributed by atoms with Crippen molar-refractivity contribution in [1.29, 1.82) is 0 Å². The number of amides is 1. The molecule has 20 heavy (non-hydrogen) atoms. The Morgan fingerprint density at radius 2 is 2.05 bits per heavy atom. The van der Waals surface area contributed by atoms with Gasteiger partial charge in [-0.15, -0.1) is 0 Å². The number of carbonyl (C=O) groups is 1. The summed E-state index contributed by atoms with van der Waals surface area (Å²) in [6.45, 7) is 5.95. The van der Waals surface area contributed by atoms with Crippen molar-refractivity contribution in [3.63, 3.8) is 0 Å². The number of methoxy groups -OCH3 is 1. The Morgan fingerprint density at radius 1 is 1.40 bits per heavy atom. The van der Waals surface area contributed by atoms with E-state index in [-0.39, 0.29) is 23.5 Å². The molecule has 1 aliphatic heterocycles. The molecule has 0 spiro atoms. The lowest BCUT2D eigenvalue weighted by molar-refractivity contribution is -0.122. The fourth-order valence-electron chi connectivity index (χ4n) is 2.99. The van der Waals surface area contributed by atoms with Crippen molar-refractivity contribution >= 4 is 5.91 Å². The molecule has 2 rings (SSSR count). The van der Waals surface area contributed by atoms with E-state index in [1.807, 2.05) is 18.2 Å². The number of rotatable bonds is 5. The summed E-state index contributed by atoms with van der Waals surface area (Å²) in [6.07, 6.45) is 0.788. The molecule has 4 nitrogen and oxygen atoms in total. The topological polar surface area (TPSA) is 55.6 Å². The van der Waals surface area contributed by atoms with Crippen molar-refractivity contribution in [3.8, 4) is 0 Å². The number of ether oxygens (including phenoxy) is 1. The van der Waals surface area contributed by atoms with Crippen molar-refractivity contribution in [1.82, 2.24) is 4.90 Å². The number of hydrogen-bond donors (Lipinski definition) is 1. The number of nitrogens with two attached hydrogens (primary N) is 1. The van der Waals surface area contributed by atoms with E-state index in [2.05, 4.69) is 30.9 Å². The predicted octanol–water partition coefficient (Wildman–Crippen LogP) is 1.54. The molecule has 1 aromatic carbocycles. The second kappa shape index (κ2) is 5.94. The molecule has 0 radical (unpaired) electrons. The third-order valence-electron chi connectivity index (χ3n) is 4.18. The molecule has 0 bridgehead atoms. The smallest absolute Gasteiger partial charge is 0.234 e. The van der Waals surface area contributed by atoms with Crippen LogP contribution in [0, 0.1) is 0 Å². The second-order valence-electron chi connectivity index (χ2n) is 6.19. The van der Waals surface area contributed by atoms with Crippen molar-refractivity contribution in [2.75, 3.05) is 20.2 Å². The van der Waals surface area contributed by atoms with Crippen LogP contribution in [0.4, 0.5) is 0 Å². The lowest BCUT2D eigenvalue weighted by atomic mass is 9.84. The third kappa shape index (κ3) is 3.19. The molecule has 2 N–H and O–H groups in total. The van der Waals surface area contributed by atoms with Gasteiger partial charge in [0.25, 0.3) is 0 Å². The largest absolute Gasteiger partial charge is 0.380 e. The SMILES string of the molecule is CO[C@H]1C[C@@H](C(N)=O)N(CC(C)(C)c2ccccc2)C1. The van der Waals surface area contributed by atoms with Crippen LogP contribution in [0.1, 0.15) is 25.8 Å². The van der Waals surface area contributed by atoms with Gasteiger partial charge in [-0.2, -0.15) is 0 Å². The summed E-state index contributed by atoms with van der Waals surface area (Å²) >= 11 is 0. The molecular weight excluding hydrogens is 252 g/mol. The quantitative estimate of drug-likeness (QED) is 0.887. The van der Waals surface area contributed by atoms with Crippen LogP contribution in [0.5, 0.6) is 0 Å². The Kier molecular flexibility index (Phi) is 4.45. The zero-order chi connectivity index (χ0) is 14.8. The van der Waals surface area contributed by atoms with E-state index in [4.69, 9.17) is 10.5 Å². The molecule has 4 heteroatoms. The molecule has 1 fully saturated rings. The van der Waals surface area contributed by atoms with Gasteiger partial charge in [0.1, 0.15) is 0 Å². The van der Waals surface area contributed by atoms with Crippen LogP contribution >= 0.6 is 0 Å². The maximum atomic E-state index is 11.6. The molecule has 1 amide bonds. The molecular formula is C16H24N2O2. The molecule has 1 aromatic rings. The third-order valence-corrected chi connectivity index (χ3v) is 4.18. The fourth-order valence-corrected chi connectivity index (χ4v) is 2.99. The van der Waals surface area contributed by atoms with Gasteiger partial charge in [0.15, 0.2) is 0 Å². The van der Waals surface area contributed by atoms with Crippen LogP contribution in [0.3, 0.4) is 0 Å². The van der Waals surface area contributed by atoms with Crippen LogP contribution in [-0.4, -0.2) is 43.2 Å². The summed E-state index contributed by atoms with van der Waals surface area (Å²) in [4.78, 5) is 13.8. The zero-order valence-corrected chi connectivity index (χ0v) is 12.5. The first-order chi connectivity index (χ1) is 9.44. The van der Waals surface area contributed by atoms with E-state index < -0.39 is 0 Å². The summed E-state index contributed by atoms with van der Waals surface area (Å²) < 4.78 is 5.39. The Morgan fingerprint density at radius 3 is 2.60 bits per heavy atom. The second-order valence-corrected chi connectivity index (χ2v) is 6.19. The molecule has 110 valence electrons. The van der Waals surface area contributed by atoms with Crippen LogP contribution in [0.15, 0.2) is 30.3 Å². The highest BCUT2D eigenvalue weighted by Crippen LogP contribution is 2.28. The van der Waals surface area contributed by atoms with Gasteiger partial charge in [-0.25, -0.2) is 0 Å². The highest BCUT2D eigenvalue weighted by Gasteiger charge is 2.38. The summed E-state index contributed by atoms with van der Waals surface area (Å²) in [6, 6.07) is 10.1. The highest BCUT2D eigenvalue weighted by molar-refractivity contribution is 5.80. The van der Waals surface area contributed by atoms with Crippen LogP contribution < -0.4 is 5.73 Å². The number of likely N-dealkylation sites (tertiary alicyclic amines) is 1. The van der Waals surface area contributed by atoms with Crippen molar-refractivity contribution < 1.29 is 9.53 Å². The summed E-state index contributed by atoms with van der Waals surface area (Å²) in [5.41, 5.74) is 6.76. The van der Waals surface area contributed by atoms with Crippen LogP contribution in [0.2, 0.25) is 0 Å². The van der Waals surface area contributed by atoms with E-state index in [9.17, 15) is 4.79 Å². The summed E-state index contributed by atoms with van der Waals surface area (Å²) in [7, 11) is 1.69. The van der Waals surface area contributed by atoms with Gasteiger partial charge in [0.05, 0.1) is 12.1 Å². The molecule has 0 aliphatic carbocycles. The lowest BCUT2D eigenvalue weighted by Crippen LogP contribution is -2.45. The van der Waals surface area contributed by atoms with Crippen molar-refractivity contribution in [3.05, 3.63) is 35.9 Å². The van der Waals surface area contributed by atoms with Gasteiger partial charge in [-0.3, -0.25) is 9.69 Å². The predicted molar refractivity (Wildman–Crippen MR) is 79.4 cm³/mol. The Bertz CT molecular complexity index is 459. The molecule has 0 aromatic heterocycles. The van der Waals surface area contributed by atoms with Crippen LogP contribution in [-0.2, 0) is 14.9 Å². The minimum absolute atomic E-state index is 0.0302. The first-order valence-electron chi connectivity index (χ1n) is 7.06. The Balaban J connectivity index is 2.13. The molecule has 2 atom stereocenters. The number of carbonyl (C=O) groups excluding carboxylic acids is 1. The average molecular weight is 276 g/mol. The lowest BCUT2D eigenvalue weighted by Gasteiger charge is -2.33. The van der Waals surface area contributed by atoms with Gasteiger partial charge < -0.3 is 10.5 Å². The van der Waals surface area contributed by atoms with Crippen molar-refractivity contribution in [2.24, 2.45) is 5.73 Å². The molecule has 0 saturated carbocycles. The van der Waals surface area contributed by atoms with Gasteiger partial charge in [-0.05, 0) is 12.0 Å². The van der Waals surface area contributed by atoms with Crippen LogP contribution in [0.25, 0.3) is 0 Å². The van der Waals surface area contributed by atoms with E-state index in [0.717, 1.165) is 13.1 Å². The number of primary amides is 1. The van der Waals surface area contributed by atoms with Gasteiger partial charge in [-0.1, -0.05) is 44.2 Å². The first kappa shape index (κ1) is 15.0. The van der Waals surface area contributed by atoms with Gasteiger partial charge in [0, 0.05) is 25.6 Å².